The van der Waals surface area contributed by atoms with Crippen molar-refractivity contribution in [1.82, 2.24) is 4.90 Å². The van der Waals surface area contributed by atoms with Crippen LogP contribution in [0.1, 0.15) is 22.0 Å². The third-order valence-corrected chi connectivity index (χ3v) is 4.96. The number of thiophene rings is 1. The van der Waals surface area contributed by atoms with E-state index in [4.69, 9.17) is 5.73 Å². The molecule has 2 N–H and O–H groups in total. The molecule has 0 bridgehead atoms. The van der Waals surface area contributed by atoms with Crippen LogP contribution in [0.15, 0.2) is 34.1 Å². The van der Waals surface area contributed by atoms with Crippen LogP contribution in [0.3, 0.4) is 0 Å². The second kappa shape index (κ2) is 6.07. The lowest BCUT2D eigenvalue weighted by Crippen LogP contribution is -2.22. The van der Waals surface area contributed by atoms with E-state index in [1.807, 2.05) is 23.5 Å². The van der Waals surface area contributed by atoms with Crippen molar-refractivity contribution in [2.24, 2.45) is 0 Å². The summed E-state index contributed by atoms with van der Waals surface area (Å²) < 4.78 is 1.08. The number of nitrogen functional groups attached to an aromatic ring is 1. The second-order valence-corrected chi connectivity index (χ2v) is 6.86. The first kappa shape index (κ1) is 14.6. The minimum absolute atomic E-state index is 0.372. The van der Waals surface area contributed by atoms with Gasteiger partial charge in [-0.05, 0) is 68.2 Å². The van der Waals surface area contributed by atoms with Gasteiger partial charge in [-0.3, -0.25) is 0 Å². The molecule has 1 aromatic carbocycles. The normalized spacial score (nSPS) is 12.9. The number of hydrogen-bond acceptors (Lipinski definition) is 3. The van der Waals surface area contributed by atoms with Gasteiger partial charge >= 0.3 is 0 Å². The molecule has 0 amide bonds. The van der Waals surface area contributed by atoms with Gasteiger partial charge in [0.1, 0.15) is 0 Å². The van der Waals surface area contributed by atoms with E-state index in [0.29, 0.717) is 6.04 Å². The number of hydrogen-bond donors (Lipinski definition) is 1. The van der Waals surface area contributed by atoms with E-state index < -0.39 is 0 Å². The molecule has 0 aliphatic heterocycles. The largest absolute Gasteiger partial charge is 0.399 e. The van der Waals surface area contributed by atoms with Crippen LogP contribution < -0.4 is 5.73 Å². The van der Waals surface area contributed by atoms with Gasteiger partial charge in [0.2, 0.25) is 0 Å². The second-order valence-electron chi connectivity index (χ2n) is 4.99. The molecule has 1 unspecified atom stereocenters. The van der Waals surface area contributed by atoms with Crippen LogP contribution in [0, 0.1) is 6.92 Å². The number of halogens is 1. The SMILES string of the molecule is Cc1ccsc1C(Cc1cc(Br)ccc1N)N(C)C. The average molecular weight is 339 g/mol. The standard InChI is InChI=1S/C15H19BrN2S/c1-10-6-7-19-15(10)14(18(2)3)9-11-8-12(16)4-5-13(11)17/h4-8,14H,9,17H2,1-3H3. The Morgan fingerprint density at radius 2 is 2.05 bits per heavy atom. The van der Waals surface area contributed by atoms with Crippen molar-refractivity contribution in [3.8, 4) is 0 Å². The lowest BCUT2D eigenvalue weighted by molar-refractivity contribution is 0.301. The Balaban J connectivity index is 2.32. The van der Waals surface area contributed by atoms with E-state index in [0.717, 1.165) is 16.6 Å². The lowest BCUT2D eigenvalue weighted by Gasteiger charge is -2.25. The van der Waals surface area contributed by atoms with Crippen LogP contribution >= 0.6 is 27.3 Å². The molecule has 0 fully saturated rings. The zero-order valence-electron chi connectivity index (χ0n) is 11.5. The summed E-state index contributed by atoms with van der Waals surface area (Å²) in [5.41, 5.74) is 9.51. The van der Waals surface area contributed by atoms with Crippen LogP contribution in [-0.2, 0) is 6.42 Å². The number of likely N-dealkylation sites (N-methyl/N-ethyl adjacent to an activating group) is 1. The van der Waals surface area contributed by atoms with E-state index in [-0.39, 0.29) is 0 Å². The zero-order chi connectivity index (χ0) is 14.0. The van der Waals surface area contributed by atoms with E-state index in [2.05, 4.69) is 59.4 Å². The van der Waals surface area contributed by atoms with Gasteiger partial charge in [0.25, 0.3) is 0 Å². The molecule has 1 atom stereocenters. The highest BCUT2D eigenvalue weighted by molar-refractivity contribution is 9.10. The molecule has 0 radical (unpaired) electrons. The van der Waals surface area contributed by atoms with Crippen molar-refractivity contribution in [3.63, 3.8) is 0 Å². The number of nitrogens with zero attached hydrogens (tertiary/aromatic N) is 1. The summed E-state index contributed by atoms with van der Waals surface area (Å²) in [6.07, 6.45) is 0.930. The van der Waals surface area contributed by atoms with E-state index in [1.54, 1.807) is 0 Å². The maximum Gasteiger partial charge on any atom is 0.0479 e. The molecule has 19 heavy (non-hydrogen) atoms. The fraction of sp³-hybridized carbons (Fsp3) is 0.333. The fourth-order valence-corrected chi connectivity index (χ4v) is 3.73. The molecule has 0 spiro atoms. The molecule has 2 nitrogen and oxygen atoms in total. The number of anilines is 1. The van der Waals surface area contributed by atoms with Crippen molar-refractivity contribution >= 4 is 33.0 Å². The lowest BCUT2D eigenvalue weighted by atomic mass is 10.0. The minimum Gasteiger partial charge on any atom is -0.399 e. The summed E-state index contributed by atoms with van der Waals surface area (Å²) in [5.74, 6) is 0. The summed E-state index contributed by atoms with van der Waals surface area (Å²) in [7, 11) is 4.25. The van der Waals surface area contributed by atoms with Crippen molar-refractivity contribution < 1.29 is 0 Å². The topological polar surface area (TPSA) is 29.3 Å². The highest BCUT2D eigenvalue weighted by Crippen LogP contribution is 2.32. The molecule has 2 aromatic rings. The van der Waals surface area contributed by atoms with Crippen LogP contribution in [0.4, 0.5) is 5.69 Å². The number of rotatable bonds is 4. The molecule has 4 heteroatoms. The van der Waals surface area contributed by atoms with Gasteiger partial charge in [0, 0.05) is 21.1 Å². The maximum absolute atomic E-state index is 6.09. The van der Waals surface area contributed by atoms with Gasteiger partial charge in [-0.1, -0.05) is 15.9 Å². The summed E-state index contributed by atoms with van der Waals surface area (Å²) in [6.45, 7) is 2.17. The van der Waals surface area contributed by atoms with Crippen molar-refractivity contribution in [1.29, 1.82) is 0 Å². The first-order valence-electron chi connectivity index (χ1n) is 6.23. The Bertz CT molecular complexity index is 563. The highest BCUT2D eigenvalue weighted by atomic mass is 79.9. The van der Waals surface area contributed by atoms with E-state index in [9.17, 15) is 0 Å². The molecular formula is C15H19BrN2S. The number of benzene rings is 1. The summed E-state index contributed by atoms with van der Waals surface area (Å²) in [6, 6.07) is 8.62. The Morgan fingerprint density at radius 3 is 2.63 bits per heavy atom. The first-order chi connectivity index (χ1) is 8.99. The molecule has 0 aliphatic rings. The molecule has 1 aromatic heterocycles. The van der Waals surface area contributed by atoms with Crippen LogP contribution in [0.5, 0.6) is 0 Å². The van der Waals surface area contributed by atoms with Gasteiger partial charge in [-0.15, -0.1) is 11.3 Å². The fourth-order valence-electron chi connectivity index (χ4n) is 2.19. The third-order valence-electron chi connectivity index (χ3n) is 3.35. The first-order valence-corrected chi connectivity index (χ1v) is 7.90. The van der Waals surface area contributed by atoms with Crippen LogP contribution in [-0.4, -0.2) is 19.0 Å². The van der Waals surface area contributed by atoms with Crippen molar-refractivity contribution in [2.75, 3.05) is 19.8 Å². The molecule has 0 saturated heterocycles. The van der Waals surface area contributed by atoms with Gasteiger partial charge in [0.15, 0.2) is 0 Å². The average Bonchev–Trinajstić information content (AvgIpc) is 2.76. The van der Waals surface area contributed by atoms with E-state index in [1.165, 1.54) is 16.0 Å². The number of aryl methyl sites for hydroxylation is 1. The Labute approximate surface area is 127 Å². The van der Waals surface area contributed by atoms with Crippen LogP contribution in [0.2, 0.25) is 0 Å². The van der Waals surface area contributed by atoms with Gasteiger partial charge in [-0.2, -0.15) is 0 Å². The minimum atomic E-state index is 0.372. The van der Waals surface area contributed by atoms with Gasteiger partial charge < -0.3 is 10.6 Å². The number of nitrogens with two attached hydrogens (primary N) is 1. The third kappa shape index (κ3) is 3.38. The van der Waals surface area contributed by atoms with Crippen molar-refractivity contribution in [2.45, 2.75) is 19.4 Å². The maximum atomic E-state index is 6.09. The molecule has 1 heterocycles. The van der Waals surface area contributed by atoms with E-state index >= 15 is 0 Å². The summed E-state index contributed by atoms with van der Waals surface area (Å²) >= 11 is 5.34. The molecule has 2 rings (SSSR count). The molecule has 0 aliphatic carbocycles. The summed E-state index contributed by atoms with van der Waals surface area (Å²) in [5, 5.41) is 2.16. The monoisotopic (exact) mass is 338 g/mol. The van der Waals surface area contributed by atoms with Crippen LogP contribution in [0.25, 0.3) is 0 Å². The Morgan fingerprint density at radius 1 is 1.32 bits per heavy atom. The Kier molecular flexibility index (Phi) is 4.66. The highest BCUT2D eigenvalue weighted by Gasteiger charge is 2.19. The predicted molar refractivity (Wildman–Crippen MR) is 87.7 cm³/mol. The summed E-state index contributed by atoms with van der Waals surface area (Å²) in [4.78, 5) is 3.68. The van der Waals surface area contributed by atoms with Gasteiger partial charge in [0.05, 0.1) is 0 Å². The molecule has 0 saturated carbocycles. The van der Waals surface area contributed by atoms with Crippen molar-refractivity contribution in [3.05, 3.63) is 50.1 Å². The Hall–Kier alpha value is -0.840. The quantitative estimate of drug-likeness (QED) is 0.844. The smallest absolute Gasteiger partial charge is 0.0479 e. The predicted octanol–water partition coefficient (Wildman–Crippen LogP) is 4.25. The zero-order valence-corrected chi connectivity index (χ0v) is 13.9. The van der Waals surface area contributed by atoms with Gasteiger partial charge in [-0.25, -0.2) is 0 Å². The molecule has 102 valence electrons. The molecular weight excluding hydrogens is 320 g/mol.